The fourth-order valence-electron chi connectivity index (χ4n) is 1.39. The molecule has 1 atom stereocenters. The van der Waals surface area contributed by atoms with Crippen molar-refractivity contribution < 1.29 is 0 Å². The molecule has 1 aromatic heterocycles. The van der Waals surface area contributed by atoms with Crippen molar-refractivity contribution in [1.29, 1.82) is 5.26 Å². The van der Waals surface area contributed by atoms with Gasteiger partial charge in [0.05, 0.1) is 24.2 Å². The topological polar surface area (TPSA) is 41.6 Å². The maximum absolute atomic E-state index is 8.57. The predicted octanol–water partition coefficient (Wildman–Crippen LogP) is 2.28. The molecule has 0 aliphatic carbocycles. The molecule has 0 saturated heterocycles. The van der Waals surface area contributed by atoms with E-state index in [1.54, 1.807) is 0 Å². The van der Waals surface area contributed by atoms with Crippen molar-refractivity contribution in [2.45, 2.75) is 40.2 Å². The first-order valence-electron chi connectivity index (χ1n) is 4.47. The van der Waals surface area contributed by atoms with E-state index in [0.717, 1.165) is 5.69 Å². The van der Waals surface area contributed by atoms with Gasteiger partial charge in [-0.15, -0.1) is 0 Å². The quantitative estimate of drug-likeness (QED) is 0.695. The van der Waals surface area contributed by atoms with Crippen LogP contribution in [0.4, 0.5) is 0 Å². The molecule has 0 radical (unpaired) electrons. The molecule has 3 nitrogen and oxygen atoms in total. The van der Waals surface area contributed by atoms with Crippen LogP contribution in [0.3, 0.4) is 0 Å². The number of hydrogen-bond donors (Lipinski definition) is 0. The molecule has 1 rings (SSSR count). The molecule has 3 heteroatoms. The molecule has 1 unspecified atom stereocenters. The number of aryl methyl sites for hydroxylation is 1. The van der Waals surface area contributed by atoms with Gasteiger partial charge in [0.25, 0.3) is 0 Å². The van der Waals surface area contributed by atoms with Gasteiger partial charge in [0.15, 0.2) is 0 Å². The largest absolute Gasteiger partial charge is 0.266 e. The number of rotatable bonds is 2. The smallest absolute Gasteiger partial charge is 0.0644 e. The zero-order chi connectivity index (χ0) is 10.0. The molecule has 0 aliphatic rings. The van der Waals surface area contributed by atoms with Crippen LogP contribution in [-0.4, -0.2) is 9.78 Å². The van der Waals surface area contributed by atoms with Crippen LogP contribution in [-0.2, 0) is 0 Å². The minimum absolute atomic E-state index is 0.178. The maximum Gasteiger partial charge on any atom is 0.0644 e. The van der Waals surface area contributed by atoms with Gasteiger partial charge in [-0.1, -0.05) is 0 Å². The van der Waals surface area contributed by atoms with Gasteiger partial charge >= 0.3 is 0 Å². The standard InChI is InChI=1S/C10H15N3/c1-7(5-6-11)13-10(4)8(2)9(3)12-13/h7H,5H2,1-4H3. The summed E-state index contributed by atoms with van der Waals surface area (Å²) < 4.78 is 1.94. The van der Waals surface area contributed by atoms with Crippen molar-refractivity contribution >= 4 is 0 Å². The van der Waals surface area contributed by atoms with Crippen LogP contribution in [0.5, 0.6) is 0 Å². The molecule has 0 spiro atoms. The Morgan fingerprint density at radius 1 is 1.46 bits per heavy atom. The summed E-state index contributed by atoms with van der Waals surface area (Å²) in [5, 5.41) is 13.0. The van der Waals surface area contributed by atoms with Crippen molar-refractivity contribution in [3.8, 4) is 6.07 Å². The van der Waals surface area contributed by atoms with E-state index in [2.05, 4.69) is 18.1 Å². The fourth-order valence-corrected chi connectivity index (χ4v) is 1.39. The number of hydrogen-bond acceptors (Lipinski definition) is 2. The lowest BCUT2D eigenvalue weighted by Gasteiger charge is -2.10. The molecule has 70 valence electrons. The average molecular weight is 177 g/mol. The van der Waals surface area contributed by atoms with Gasteiger partial charge < -0.3 is 0 Å². The summed E-state index contributed by atoms with van der Waals surface area (Å²) in [5.74, 6) is 0. The summed E-state index contributed by atoms with van der Waals surface area (Å²) in [6.45, 7) is 8.12. The van der Waals surface area contributed by atoms with Gasteiger partial charge in [-0.25, -0.2) is 0 Å². The summed E-state index contributed by atoms with van der Waals surface area (Å²) in [7, 11) is 0. The fraction of sp³-hybridized carbons (Fsp3) is 0.600. The zero-order valence-electron chi connectivity index (χ0n) is 8.63. The van der Waals surface area contributed by atoms with Crippen LogP contribution in [0.15, 0.2) is 0 Å². The second-order valence-corrected chi connectivity index (χ2v) is 3.45. The molecule has 1 heterocycles. The lowest BCUT2D eigenvalue weighted by Crippen LogP contribution is -2.08. The molecule has 0 aliphatic heterocycles. The van der Waals surface area contributed by atoms with E-state index in [9.17, 15) is 0 Å². The van der Waals surface area contributed by atoms with E-state index in [0.29, 0.717) is 6.42 Å². The van der Waals surface area contributed by atoms with Crippen LogP contribution >= 0.6 is 0 Å². The summed E-state index contributed by atoms with van der Waals surface area (Å²) in [6.07, 6.45) is 0.515. The summed E-state index contributed by atoms with van der Waals surface area (Å²) >= 11 is 0. The highest BCUT2D eigenvalue weighted by atomic mass is 15.3. The Labute approximate surface area is 79.0 Å². The number of nitriles is 1. The molecule has 0 N–H and O–H groups in total. The molecule has 13 heavy (non-hydrogen) atoms. The molecule has 0 amide bonds. The Bertz CT molecular complexity index is 344. The first-order valence-corrected chi connectivity index (χ1v) is 4.47. The van der Waals surface area contributed by atoms with Crippen molar-refractivity contribution in [2.24, 2.45) is 0 Å². The maximum atomic E-state index is 8.57. The Hall–Kier alpha value is -1.30. The SMILES string of the molecule is Cc1nn(C(C)CC#N)c(C)c1C. The third kappa shape index (κ3) is 1.72. The van der Waals surface area contributed by atoms with E-state index in [-0.39, 0.29) is 6.04 Å². The van der Waals surface area contributed by atoms with E-state index < -0.39 is 0 Å². The Morgan fingerprint density at radius 2 is 2.08 bits per heavy atom. The van der Waals surface area contributed by atoms with Crippen molar-refractivity contribution in [3.05, 3.63) is 17.0 Å². The Kier molecular flexibility index (Phi) is 2.72. The van der Waals surface area contributed by atoms with Crippen molar-refractivity contribution in [3.63, 3.8) is 0 Å². The Balaban J connectivity index is 3.02. The van der Waals surface area contributed by atoms with Crippen molar-refractivity contribution in [1.82, 2.24) is 9.78 Å². The molecular weight excluding hydrogens is 162 g/mol. The first kappa shape index (κ1) is 9.79. The van der Waals surface area contributed by atoms with E-state index in [1.165, 1.54) is 11.3 Å². The molecule has 0 saturated carbocycles. The number of nitrogens with zero attached hydrogens (tertiary/aromatic N) is 3. The van der Waals surface area contributed by atoms with Crippen LogP contribution in [0.1, 0.15) is 36.3 Å². The summed E-state index contributed by atoms with van der Waals surface area (Å²) in [4.78, 5) is 0. The lowest BCUT2D eigenvalue weighted by molar-refractivity contribution is 0.486. The second kappa shape index (κ2) is 3.61. The highest BCUT2D eigenvalue weighted by Crippen LogP contribution is 2.17. The highest BCUT2D eigenvalue weighted by molar-refractivity contribution is 5.22. The third-order valence-corrected chi connectivity index (χ3v) is 2.49. The average Bonchev–Trinajstić information content (AvgIpc) is 2.33. The first-order chi connectivity index (χ1) is 6.07. The van der Waals surface area contributed by atoms with Gasteiger partial charge in [-0.3, -0.25) is 4.68 Å². The van der Waals surface area contributed by atoms with Gasteiger partial charge in [0, 0.05) is 5.69 Å². The number of aromatic nitrogens is 2. The van der Waals surface area contributed by atoms with Crippen LogP contribution in [0.2, 0.25) is 0 Å². The third-order valence-electron chi connectivity index (χ3n) is 2.49. The monoisotopic (exact) mass is 177 g/mol. The Morgan fingerprint density at radius 3 is 2.46 bits per heavy atom. The summed E-state index contributed by atoms with van der Waals surface area (Å²) in [5.41, 5.74) is 3.45. The van der Waals surface area contributed by atoms with Crippen LogP contribution in [0.25, 0.3) is 0 Å². The van der Waals surface area contributed by atoms with E-state index in [1.807, 2.05) is 25.5 Å². The minimum Gasteiger partial charge on any atom is -0.266 e. The minimum atomic E-state index is 0.178. The van der Waals surface area contributed by atoms with Gasteiger partial charge in [0.2, 0.25) is 0 Å². The molecule has 0 bridgehead atoms. The van der Waals surface area contributed by atoms with E-state index in [4.69, 9.17) is 5.26 Å². The lowest BCUT2D eigenvalue weighted by atomic mass is 10.2. The molecule has 0 aromatic carbocycles. The zero-order valence-corrected chi connectivity index (χ0v) is 8.63. The van der Waals surface area contributed by atoms with Crippen LogP contribution < -0.4 is 0 Å². The molecular formula is C10H15N3. The van der Waals surface area contributed by atoms with Crippen LogP contribution in [0, 0.1) is 32.1 Å². The molecule has 0 fully saturated rings. The summed E-state index contributed by atoms with van der Waals surface area (Å²) in [6, 6.07) is 2.34. The second-order valence-electron chi connectivity index (χ2n) is 3.45. The van der Waals surface area contributed by atoms with Gasteiger partial charge in [-0.05, 0) is 33.3 Å². The van der Waals surface area contributed by atoms with Gasteiger partial charge in [0.1, 0.15) is 0 Å². The van der Waals surface area contributed by atoms with E-state index >= 15 is 0 Å². The van der Waals surface area contributed by atoms with Crippen molar-refractivity contribution in [2.75, 3.05) is 0 Å². The normalized spacial score (nSPS) is 12.5. The molecule has 1 aromatic rings. The van der Waals surface area contributed by atoms with Gasteiger partial charge in [-0.2, -0.15) is 10.4 Å². The highest BCUT2D eigenvalue weighted by Gasteiger charge is 2.11. The predicted molar refractivity (Wildman–Crippen MR) is 51.4 cm³/mol.